The number of rotatable bonds is 5. The monoisotopic (exact) mass is 376 g/mol. The Hall–Kier alpha value is -1.88. The molecule has 0 bridgehead atoms. The van der Waals surface area contributed by atoms with Crippen molar-refractivity contribution in [2.45, 2.75) is 40.8 Å². The van der Waals surface area contributed by atoms with E-state index in [0.717, 1.165) is 26.7 Å². The molecule has 122 valence electrons. The molecule has 0 aliphatic rings. The second kappa shape index (κ2) is 7.59. The first-order chi connectivity index (χ1) is 10.9. The molecule has 5 heteroatoms. The van der Waals surface area contributed by atoms with Crippen molar-refractivity contribution in [1.82, 2.24) is 0 Å². The Bertz CT molecular complexity index is 699. The van der Waals surface area contributed by atoms with Crippen molar-refractivity contribution in [2.24, 2.45) is 5.28 Å². The maximum atomic E-state index is 11.8. The van der Waals surface area contributed by atoms with Crippen molar-refractivity contribution in [3.63, 3.8) is 0 Å². The molecule has 23 heavy (non-hydrogen) atoms. The number of hydrogen-bond acceptors (Lipinski definition) is 3. The molecule has 0 aliphatic heterocycles. The van der Waals surface area contributed by atoms with Gasteiger partial charge in [0.2, 0.25) is 11.8 Å². The van der Waals surface area contributed by atoms with Crippen LogP contribution in [0.3, 0.4) is 0 Å². The molecule has 2 rings (SSSR count). The van der Waals surface area contributed by atoms with E-state index < -0.39 is 0 Å². The van der Waals surface area contributed by atoms with Gasteiger partial charge in [0.1, 0.15) is 6.61 Å². The molecule has 0 saturated carbocycles. The predicted molar refractivity (Wildman–Crippen MR) is 94.1 cm³/mol. The molecular formula is C18H21BrN2O2. The summed E-state index contributed by atoms with van der Waals surface area (Å²) in [5.41, 5.74) is 6.69. The molecule has 4 nitrogen and oxygen atoms in total. The van der Waals surface area contributed by atoms with Crippen LogP contribution >= 0.6 is 15.9 Å². The Morgan fingerprint density at radius 2 is 1.57 bits per heavy atom. The van der Waals surface area contributed by atoms with Gasteiger partial charge < -0.3 is 10.0 Å². The highest BCUT2D eigenvalue weighted by atomic mass is 79.9. The first kappa shape index (κ1) is 17.5. The Balaban J connectivity index is 2.08. The summed E-state index contributed by atoms with van der Waals surface area (Å²) in [6.45, 7) is 8.73. The van der Waals surface area contributed by atoms with Gasteiger partial charge in [-0.15, -0.1) is 0 Å². The molecule has 2 aromatic carbocycles. The van der Waals surface area contributed by atoms with Crippen LogP contribution in [0.5, 0.6) is 0 Å². The van der Waals surface area contributed by atoms with Crippen molar-refractivity contribution in [3.8, 4) is 0 Å². The van der Waals surface area contributed by atoms with Crippen molar-refractivity contribution in [2.75, 3.05) is 0 Å². The Morgan fingerprint density at radius 1 is 1.00 bits per heavy atom. The van der Waals surface area contributed by atoms with Gasteiger partial charge in [-0.25, -0.2) is 0 Å². The molecule has 0 atom stereocenters. The van der Waals surface area contributed by atoms with Gasteiger partial charge in [-0.3, -0.25) is 0 Å². The summed E-state index contributed by atoms with van der Waals surface area (Å²) in [6.07, 6.45) is 0. The molecule has 0 aliphatic carbocycles. The fourth-order valence-electron chi connectivity index (χ4n) is 2.49. The molecular weight excluding hydrogens is 356 g/mol. The normalized spacial score (nSPS) is 11.6. The van der Waals surface area contributed by atoms with E-state index in [4.69, 9.17) is 4.84 Å². The van der Waals surface area contributed by atoms with Crippen LogP contribution in [0.1, 0.15) is 33.4 Å². The lowest BCUT2D eigenvalue weighted by Gasteiger charge is -2.16. The molecule has 0 heterocycles. The first-order valence-corrected chi connectivity index (χ1v) is 8.27. The SMILES string of the molecule is Cc1c(C)c(CO/N=[N+](/[O-])Cc2ccccc2)c(C)c(C)c1Br. The number of hydrogen-bond donors (Lipinski definition) is 0. The van der Waals surface area contributed by atoms with Crippen molar-refractivity contribution in [3.05, 3.63) is 73.4 Å². The van der Waals surface area contributed by atoms with Crippen LogP contribution in [0, 0.1) is 32.9 Å². The minimum atomic E-state index is 0.178. The van der Waals surface area contributed by atoms with Crippen LogP contribution in [0.25, 0.3) is 0 Å². The smallest absolute Gasteiger partial charge is 0.209 e. The minimum absolute atomic E-state index is 0.178. The number of benzene rings is 2. The summed E-state index contributed by atoms with van der Waals surface area (Å²) in [7, 11) is 0. The van der Waals surface area contributed by atoms with Crippen LogP contribution in [0.4, 0.5) is 0 Å². The molecule has 0 saturated heterocycles. The standard InChI is InChI=1S/C18H21BrN2O2/c1-12-14(3)18(19)15(4)13(2)17(12)11-23-20-21(22)10-16-8-6-5-7-9-16/h5-9H,10-11H2,1-4H3/b21-20+. The Kier molecular flexibility index (Phi) is 5.77. The van der Waals surface area contributed by atoms with Gasteiger partial charge in [0.25, 0.3) is 0 Å². The van der Waals surface area contributed by atoms with E-state index in [-0.39, 0.29) is 6.54 Å². The van der Waals surface area contributed by atoms with E-state index in [0.29, 0.717) is 11.5 Å². The second-order valence-corrected chi connectivity index (χ2v) is 6.44. The molecule has 0 spiro atoms. The molecule has 0 fully saturated rings. The van der Waals surface area contributed by atoms with Gasteiger partial charge in [-0.1, -0.05) is 51.1 Å². The van der Waals surface area contributed by atoms with Gasteiger partial charge in [0.15, 0.2) is 0 Å². The van der Waals surface area contributed by atoms with Gasteiger partial charge in [-0.2, -0.15) is 0 Å². The number of hydroxylamine groups is 1. The van der Waals surface area contributed by atoms with Crippen LogP contribution in [-0.4, -0.2) is 4.86 Å². The fraction of sp³-hybridized carbons (Fsp3) is 0.333. The summed E-state index contributed by atoms with van der Waals surface area (Å²) in [5, 5.41) is 15.4. The molecule has 0 radical (unpaired) electrons. The van der Waals surface area contributed by atoms with Gasteiger partial charge >= 0.3 is 0 Å². The van der Waals surface area contributed by atoms with E-state index in [1.165, 1.54) is 11.1 Å². The summed E-state index contributed by atoms with van der Waals surface area (Å²) in [6, 6.07) is 9.47. The summed E-state index contributed by atoms with van der Waals surface area (Å²) < 4.78 is 1.13. The van der Waals surface area contributed by atoms with Crippen molar-refractivity contribution in [1.29, 1.82) is 0 Å². The third kappa shape index (κ3) is 4.10. The quantitative estimate of drug-likeness (QED) is 0.405. The van der Waals surface area contributed by atoms with Crippen LogP contribution in [0.15, 0.2) is 40.1 Å². The first-order valence-electron chi connectivity index (χ1n) is 7.48. The average Bonchev–Trinajstić information content (AvgIpc) is 2.55. The third-order valence-corrected chi connectivity index (χ3v) is 5.40. The maximum Gasteiger partial charge on any atom is 0.209 e. The fourth-order valence-corrected chi connectivity index (χ4v) is 3.08. The van der Waals surface area contributed by atoms with E-state index in [1.807, 2.05) is 30.3 Å². The summed E-state index contributed by atoms with van der Waals surface area (Å²) in [4.78, 5) is 5.86. The lowest BCUT2D eigenvalue weighted by molar-refractivity contribution is -0.574. The third-order valence-electron chi connectivity index (χ3n) is 4.21. The van der Waals surface area contributed by atoms with E-state index in [1.54, 1.807) is 0 Å². The maximum absolute atomic E-state index is 11.8. The molecule has 0 unspecified atom stereocenters. The Morgan fingerprint density at radius 3 is 2.13 bits per heavy atom. The highest BCUT2D eigenvalue weighted by Gasteiger charge is 2.13. The molecule has 0 N–H and O–H groups in total. The topological polar surface area (TPSA) is 47.7 Å². The largest absolute Gasteiger partial charge is 0.597 e. The van der Waals surface area contributed by atoms with E-state index >= 15 is 0 Å². The van der Waals surface area contributed by atoms with Gasteiger partial charge in [0, 0.05) is 10.0 Å². The van der Waals surface area contributed by atoms with E-state index in [9.17, 15) is 5.21 Å². The van der Waals surface area contributed by atoms with E-state index in [2.05, 4.69) is 48.9 Å². The predicted octanol–water partition coefficient (Wildman–Crippen LogP) is 5.28. The van der Waals surface area contributed by atoms with Crippen LogP contribution < -0.4 is 0 Å². The average molecular weight is 377 g/mol. The highest BCUT2D eigenvalue weighted by molar-refractivity contribution is 9.10. The highest BCUT2D eigenvalue weighted by Crippen LogP contribution is 2.31. The molecule has 0 amide bonds. The lowest BCUT2D eigenvalue weighted by atomic mass is 9.95. The zero-order valence-electron chi connectivity index (χ0n) is 13.9. The lowest BCUT2D eigenvalue weighted by Crippen LogP contribution is -2.05. The van der Waals surface area contributed by atoms with Crippen LogP contribution in [-0.2, 0) is 18.0 Å². The second-order valence-electron chi connectivity index (χ2n) is 5.64. The molecule has 0 aromatic heterocycles. The van der Waals surface area contributed by atoms with Gasteiger partial charge in [0.05, 0.1) is 0 Å². The van der Waals surface area contributed by atoms with Gasteiger partial charge in [-0.05, 0) is 55.5 Å². The molecule has 2 aromatic rings. The number of halogens is 1. The minimum Gasteiger partial charge on any atom is -0.597 e. The Labute approximate surface area is 145 Å². The van der Waals surface area contributed by atoms with Crippen molar-refractivity contribution < 1.29 is 9.70 Å². The zero-order chi connectivity index (χ0) is 17.0. The summed E-state index contributed by atoms with van der Waals surface area (Å²) >= 11 is 3.62. The number of nitrogens with zero attached hydrogens (tertiary/aromatic N) is 2. The summed E-state index contributed by atoms with van der Waals surface area (Å²) in [5.74, 6) is 0. The van der Waals surface area contributed by atoms with Crippen molar-refractivity contribution >= 4 is 15.9 Å². The zero-order valence-corrected chi connectivity index (χ0v) is 15.5. The van der Waals surface area contributed by atoms with Crippen LogP contribution in [0.2, 0.25) is 0 Å².